The lowest BCUT2D eigenvalue weighted by Crippen LogP contribution is -2.10. The summed E-state index contributed by atoms with van der Waals surface area (Å²) in [6, 6.07) is 7.18. The van der Waals surface area contributed by atoms with Crippen LogP contribution in [0.1, 0.15) is 22.2 Å². The average Bonchev–Trinajstić information content (AvgIpc) is 2.83. The molecule has 0 unspecified atom stereocenters. The highest BCUT2D eigenvalue weighted by Gasteiger charge is 2.13. The Labute approximate surface area is 120 Å². The molecule has 2 aromatic rings. The largest absolute Gasteiger partial charge is 0.462 e. The van der Waals surface area contributed by atoms with Gasteiger partial charge in [0, 0.05) is 11.1 Å². The SMILES string of the molecule is CCOC(=O)c1cccnc1NCc1ccc(Cl)s1. The molecule has 2 rings (SSSR count). The van der Waals surface area contributed by atoms with Gasteiger partial charge in [0.15, 0.2) is 0 Å². The minimum Gasteiger partial charge on any atom is -0.462 e. The zero-order valence-electron chi connectivity index (χ0n) is 10.4. The van der Waals surface area contributed by atoms with Crippen molar-refractivity contribution in [2.24, 2.45) is 0 Å². The van der Waals surface area contributed by atoms with Gasteiger partial charge < -0.3 is 10.1 Å². The predicted molar refractivity (Wildman–Crippen MR) is 76.8 cm³/mol. The number of carbonyl (C=O) groups excluding carboxylic acids is 1. The quantitative estimate of drug-likeness (QED) is 0.857. The summed E-state index contributed by atoms with van der Waals surface area (Å²) in [6.07, 6.45) is 1.63. The van der Waals surface area contributed by atoms with Crippen molar-refractivity contribution in [3.05, 3.63) is 45.2 Å². The van der Waals surface area contributed by atoms with Gasteiger partial charge in [-0.2, -0.15) is 0 Å². The Balaban J connectivity index is 2.09. The van der Waals surface area contributed by atoms with Gasteiger partial charge in [0.1, 0.15) is 11.4 Å². The molecule has 1 N–H and O–H groups in total. The second-order valence-corrected chi connectivity index (χ2v) is 5.48. The first-order valence-electron chi connectivity index (χ1n) is 5.81. The molecule has 0 aliphatic carbocycles. The number of thiophene rings is 1. The topological polar surface area (TPSA) is 51.2 Å². The smallest absolute Gasteiger partial charge is 0.341 e. The third-order valence-electron chi connectivity index (χ3n) is 2.36. The predicted octanol–water partition coefficient (Wildman–Crippen LogP) is 3.59. The van der Waals surface area contributed by atoms with E-state index >= 15 is 0 Å². The highest BCUT2D eigenvalue weighted by Crippen LogP contribution is 2.22. The molecule has 0 fully saturated rings. The molecule has 0 aliphatic rings. The van der Waals surface area contributed by atoms with E-state index in [0.29, 0.717) is 24.5 Å². The molecule has 2 aromatic heterocycles. The number of rotatable bonds is 5. The van der Waals surface area contributed by atoms with Gasteiger partial charge in [-0.3, -0.25) is 0 Å². The molecule has 100 valence electrons. The van der Waals surface area contributed by atoms with E-state index < -0.39 is 0 Å². The maximum Gasteiger partial charge on any atom is 0.341 e. The number of ether oxygens (including phenoxy) is 1. The summed E-state index contributed by atoms with van der Waals surface area (Å²) in [5, 5.41) is 3.12. The number of hydrogen-bond acceptors (Lipinski definition) is 5. The third-order valence-corrected chi connectivity index (χ3v) is 3.59. The van der Waals surface area contributed by atoms with Crippen molar-refractivity contribution in [3.8, 4) is 0 Å². The molecule has 0 aliphatic heterocycles. The van der Waals surface area contributed by atoms with Crippen molar-refractivity contribution < 1.29 is 9.53 Å². The lowest BCUT2D eigenvalue weighted by Gasteiger charge is -2.09. The Hall–Kier alpha value is -1.59. The first kappa shape index (κ1) is 13.8. The zero-order valence-corrected chi connectivity index (χ0v) is 11.9. The van der Waals surface area contributed by atoms with Crippen LogP contribution in [0.4, 0.5) is 5.82 Å². The molecule has 2 heterocycles. The lowest BCUT2D eigenvalue weighted by atomic mass is 10.2. The summed E-state index contributed by atoms with van der Waals surface area (Å²) in [6.45, 7) is 2.68. The molecule has 0 spiro atoms. The summed E-state index contributed by atoms with van der Waals surface area (Å²) in [7, 11) is 0. The molecule has 0 saturated heterocycles. The van der Waals surface area contributed by atoms with Gasteiger partial charge in [0.25, 0.3) is 0 Å². The fourth-order valence-electron chi connectivity index (χ4n) is 1.54. The molecule has 4 nitrogen and oxygen atoms in total. The van der Waals surface area contributed by atoms with Crippen LogP contribution in [-0.4, -0.2) is 17.6 Å². The number of hydrogen-bond donors (Lipinski definition) is 1. The number of nitrogens with zero attached hydrogens (tertiary/aromatic N) is 1. The molecule has 0 radical (unpaired) electrons. The van der Waals surface area contributed by atoms with Crippen LogP contribution in [-0.2, 0) is 11.3 Å². The number of nitrogens with one attached hydrogen (secondary N) is 1. The minimum absolute atomic E-state index is 0.341. The van der Waals surface area contributed by atoms with Crippen molar-refractivity contribution >= 4 is 34.7 Å². The van der Waals surface area contributed by atoms with Crippen LogP contribution in [0.5, 0.6) is 0 Å². The Morgan fingerprint density at radius 2 is 2.32 bits per heavy atom. The van der Waals surface area contributed by atoms with E-state index in [1.165, 1.54) is 11.3 Å². The molecule has 0 bridgehead atoms. The second kappa shape index (κ2) is 6.54. The van der Waals surface area contributed by atoms with E-state index in [0.717, 1.165) is 9.21 Å². The molecule has 6 heteroatoms. The van der Waals surface area contributed by atoms with Gasteiger partial charge in [-0.15, -0.1) is 11.3 Å². The van der Waals surface area contributed by atoms with Crippen LogP contribution < -0.4 is 5.32 Å². The van der Waals surface area contributed by atoms with E-state index in [-0.39, 0.29) is 5.97 Å². The maximum absolute atomic E-state index is 11.8. The van der Waals surface area contributed by atoms with Crippen LogP contribution >= 0.6 is 22.9 Å². The van der Waals surface area contributed by atoms with Gasteiger partial charge >= 0.3 is 5.97 Å². The van der Waals surface area contributed by atoms with Crippen molar-refractivity contribution in [2.75, 3.05) is 11.9 Å². The summed E-state index contributed by atoms with van der Waals surface area (Å²) in [5.74, 6) is 0.146. The number of anilines is 1. The fraction of sp³-hybridized carbons (Fsp3) is 0.231. The highest BCUT2D eigenvalue weighted by atomic mass is 35.5. The average molecular weight is 297 g/mol. The summed E-state index contributed by atoms with van der Waals surface area (Å²) >= 11 is 7.36. The Bertz CT molecular complexity index is 571. The Morgan fingerprint density at radius 1 is 1.47 bits per heavy atom. The zero-order chi connectivity index (χ0) is 13.7. The van der Waals surface area contributed by atoms with E-state index in [9.17, 15) is 4.79 Å². The highest BCUT2D eigenvalue weighted by molar-refractivity contribution is 7.16. The Morgan fingerprint density at radius 3 is 3.00 bits per heavy atom. The van der Waals surface area contributed by atoms with E-state index in [1.807, 2.05) is 12.1 Å². The van der Waals surface area contributed by atoms with Crippen molar-refractivity contribution in [3.63, 3.8) is 0 Å². The van der Waals surface area contributed by atoms with Crippen LogP contribution in [0.2, 0.25) is 4.34 Å². The molecule has 19 heavy (non-hydrogen) atoms. The van der Waals surface area contributed by atoms with Gasteiger partial charge in [-0.1, -0.05) is 11.6 Å². The number of carbonyl (C=O) groups is 1. The third kappa shape index (κ3) is 3.68. The van der Waals surface area contributed by atoms with E-state index in [4.69, 9.17) is 16.3 Å². The summed E-state index contributed by atoms with van der Waals surface area (Å²) in [5.41, 5.74) is 0.437. The second-order valence-electron chi connectivity index (χ2n) is 3.68. The minimum atomic E-state index is -0.373. The number of esters is 1. The van der Waals surface area contributed by atoms with Gasteiger partial charge in [0.2, 0.25) is 0 Å². The van der Waals surface area contributed by atoms with Crippen LogP contribution in [0.25, 0.3) is 0 Å². The normalized spacial score (nSPS) is 10.2. The van der Waals surface area contributed by atoms with Gasteiger partial charge in [-0.05, 0) is 31.2 Å². The van der Waals surface area contributed by atoms with E-state index in [1.54, 1.807) is 25.3 Å². The first-order chi connectivity index (χ1) is 9.20. The van der Waals surface area contributed by atoms with Crippen LogP contribution in [0, 0.1) is 0 Å². The van der Waals surface area contributed by atoms with Gasteiger partial charge in [-0.25, -0.2) is 9.78 Å². The van der Waals surface area contributed by atoms with Crippen molar-refractivity contribution in [2.45, 2.75) is 13.5 Å². The number of halogens is 1. The Kier molecular flexibility index (Phi) is 4.76. The van der Waals surface area contributed by atoms with Crippen molar-refractivity contribution in [1.82, 2.24) is 4.98 Å². The standard InChI is InChI=1S/C13H13ClN2O2S/c1-2-18-13(17)10-4-3-7-15-12(10)16-8-9-5-6-11(14)19-9/h3-7H,2,8H2,1H3,(H,15,16). The molecule has 0 amide bonds. The fourth-order valence-corrected chi connectivity index (χ4v) is 2.56. The molecule has 0 atom stereocenters. The molecule has 0 aromatic carbocycles. The molecular formula is C13H13ClN2O2S. The molecular weight excluding hydrogens is 284 g/mol. The van der Waals surface area contributed by atoms with Crippen LogP contribution in [0.3, 0.4) is 0 Å². The first-order valence-corrected chi connectivity index (χ1v) is 7.00. The number of aromatic nitrogens is 1. The monoisotopic (exact) mass is 296 g/mol. The lowest BCUT2D eigenvalue weighted by molar-refractivity contribution is 0.0527. The molecule has 0 saturated carbocycles. The van der Waals surface area contributed by atoms with Crippen molar-refractivity contribution in [1.29, 1.82) is 0 Å². The maximum atomic E-state index is 11.8. The summed E-state index contributed by atoms with van der Waals surface area (Å²) < 4.78 is 5.73. The number of pyridine rings is 1. The van der Waals surface area contributed by atoms with E-state index in [2.05, 4.69) is 10.3 Å². The van der Waals surface area contributed by atoms with Crippen LogP contribution in [0.15, 0.2) is 30.5 Å². The van der Waals surface area contributed by atoms with Gasteiger partial charge in [0.05, 0.1) is 17.5 Å². The summed E-state index contributed by atoms with van der Waals surface area (Å²) in [4.78, 5) is 17.0.